The maximum absolute atomic E-state index is 12.6. The maximum Gasteiger partial charge on any atom is 0.240 e. The molecule has 3 amide bonds. The van der Waals surface area contributed by atoms with Crippen molar-refractivity contribution in [2.24, 2.45) is 23.7 Å². The van der Waals surface area contributed by atoms with Crippen LogP contribution in [-0.4, -0.2) is 40.8 Å². The Morgan fingerprint density at radius 1 is 1.03 bits per heavy atom. The van der Waals surface area contributed by atoms with E-state index in [0.29, 0.717) is 5.56 Å². The molecule has 2 bridgehead atoms. The minimum atomic E-state index is -0.868. The smallest absolute Gasteiger partial charge is 0.240 e. The van der Waals surface area contributed by atoms with Crippen LogP contribution in [0.4, 0.5) is 0 Å². The van der Waals surface area contributed by atoms with Crippen LogP contribution >= 0.6 is 0 Å². The minimum Gasteiger partial charge on any atom is -0.387 e. The fourth-order valence-corrected chi connectivity index (χ4v) is 5.06. The molecule has 2 aliphatic carbocycles. The van der Waals surface area contributed by atoms with Crippen molar-refractivity contribution in [2.45, 2.75) is 12.5 Å². The van der Waals surface area contributed by atoms with Gasteiger partial charge < -0.3 is 10.4 Å². The molecule has 1 aliphatic heterocycles. The van der Waals surface area contributed by atoms with E-state index in [-0.39, 0.29) is 48.6 Å². The molecule has 6 heteroatoms. The molecule has 0 aromatic heterocycles. The Labute approximate surface area is 168 Å². The van der Waals surface area contributed by atoms with Gasteiger partial charge in [0.25, 0.3) is 0 Å². The number of benzene rings is 2. The Balaban J connectivity index is 1.20. The lowest BCUT2D eigenvalue weighted by atomic mass is 9.85. The van der Waals surface area contributed by atoms with Crippen LogP contribution in [0, 0.1) is 23.7 Å². The number of hydrogen-bond acceptors (Lipinski definition) is 4. The molecule has 2 fully saturated rings. The average molecular weight is 390 g/mol. The number of amides is 3. The van der Waals surface area contributed by atoms with Crippen molar-refractivity contribution in [3.8, 4) is 0 Å². The first-order valence-corrected chi connectivity index (χ1v) is 10.00. The van der Waals surface area contributed by atoms with Crippen molar-refractivity contribution in [2.75, 3.05) is 13.1 Å². The van der Waals surface area contributed by atoms with Crippen LogP contribution < -0.4 is 5.32 Å². The van der Waals surface area contributed by atoms with Crippen LogP contribution in [0.25, 0.3) is 10.8 Å². The van der Waals surface area contributed by atoms with Gasteiger partial charge in [-0.1, -0.05) is 48.6 Å². The summed E-state index contributed by atoms with van der Waals surface area (Å²) in [5.41, 5.74) is 0.703. The van der Waals surface area contributed by atoms with Crippen molar-refractivity contribution in [3.63, 3.8) is 0 Å². The molecule has 1 saturated heterocycles. The molecule has 3 aliphatic rings. The predicted molar refractivity (Wildman–Crippen MR) is 106 cm³/mol. The van der Waals surface area contributed by atoms with E-state index in [2.05, 4.69) is 5.32 Å². The summed E-state index contributed by atoms with van der Waals surface area (Å²) in [5, 5.41) is 15.2. The average Bonchev–Trinajstić information content (AvgIpc) is 3.42. The van der Waals surface area contributed by atoms with Gasteiger partial charge in [-0.15, -0.1) is 0 Å². The highest BCUT2D eigenvalue weighted by Crippen LogP contribution is 2.52. The number of nitrogens with zero attached hydrogens (tertiary/aromatic N) is 1. The quantitative estimate of drug-likeness (QED) is 0.602. The maximum atomic E-state index is 12.6. The molecule has 0 radical (unpaired) electrons. The summed E-state index contributed by atoms with van der Waals surface area (Å²) in [5.74, 6) is -1.24. The molecule has 2 aromatic carbocycles. The summed E-state index contributed by atoms with van der Waals surface area (Å²) in [4.78, 5) is 38.7. The molecule has 1 heterocycles. The van der Waals surface area contributed by atoms with Crippen molar-refractivity contribution in [3.05, 3.63) is 60.2 Å². The number of likely N-dealkylation sites (tertiary alicyclic amines) is 1. The van der Waals surface area contributed by atoms with E-state index in [0.717, 1.165) is 22.1 Å². The molecule has 6 nitrogen and oxygen atoms in total. The first-order chi connectivity index (χ1) is 14.0. The zero-order valence-corrected chi connectivity index (χ0v) is 15.8. The number of fused-ring (bicyclic) bond motifs is 6. The summed E-state index contributed by atoms with van der Waals surface area (Å²) in [6.07, 6.45) is 4.05. The summed E-state index contributed by atoms with van der Waals surface area (Å²) in [6.45, 7) is -0.262. The van der Waals surface area contributed by atoms with Gasteiger partial charge in [-0.3, -0.25) is 19.3 Å². The van der Waals surface area contributed by atoms with Crippen molar-refractivity contribution < 1.29 is 19.5 Å². The molecule has 1 saturated carbocycles. The number of carbonyl (C=O) groups excluding carboxylic acids is 3. The number of carbonyl (C=O) groups is 3. The highest BCUT2D eigenvalue weighted by atomic mass is 16.3. The summed E-state index contributed by atoms with van der Waals surface area (Å²) >= 11 is 0. The largest absolute Gasteiger partial charge is 0.387 e. The highest BCUT2D eigenvalue weighted by molar-refractivity contribution is 6.08. The molecule has 148 valence electrons. The normalized spacial score (nSPS) is 28.2. The van der Waals surface area contributed by atoms with Gasteiger partial charge >= 0.3 is 0 Å². The molecule has 5 atom stereocenters. The molecule has 2 aromatic rings. The summed E-state index contributed by atoms with van der Waals surface area (Å²) < 4.78 is 0. The second-order valence-electron chi connectivity index (χ2n) is 8.19. The zero-order chi connectivity index (χ0) is 20.1. The van der Waals surface area contributed by atoms with Crippen LogP contribution in [0.2, 0.25) is 0 Å². The lowest BCUT2D eigenvalue weighted by Crippen LogP contribution is -2.42. The zero-order valence-electron chi connectivity index (χ0n) is 15.8. The van der Waals surface area contributed by atoms with Gasteiger partial charge in [0, 0.05) is 6.54 Å². The number of rotatable bonds is 5. The lowest BCUT2D eigenvalue weighted by Gasteiger charge is -2.18. The molecule has 29 heavy (non-hydrogen) atoms. The Bertz CT molecular complexity index is 1020. The van der Waals surface area contributed by atoms with Gasteiger partial charge in [0.15, 0.2) is 0 Å². The number of allylic oxidation sites excluding steroid dienone is 2. The van der Waals surface area contributed by atoms with E-state index in [9.17, 15) is 19.5 Å². The monoisotopic (exact) mass is 390 g/mol. The fourth-order valence-electron chi connectivity index (χ4n) is 5.06. The second kappa shape index (κ2) is 6.81. The topological polar surface area (TPSA) is 86.7 Å². The molecular formula is C23H22N2O4. The van der Waals surface area contributed by atoms with Gasteiger partial charge in [0.05, 0.1) is 17.9 Å². The summed E-state index contributed by atoms with van der Waals surface area (Å²) in [7, 11) is 0. The minimum absolute atomic E-state index is 0.0209. The first kappa shape index (κ1) is 18.1. The molecular weight excluding hydrogens is 368 g/mol. The van der Waals surface area contributed by atoms with Crippen LogP contribution in [0.1, 0.15) is 18.1 Å². The van der Waals surface area contributed by atoms with E-state index in [1.807, 2.05) is 54.6 Å². The van der Waals surface area contributed by atoms with Crippen LogP contribution in [-0.2, 0) is 14.4 Å². The van der Waals surface area contributed by atoms with Gasteiger partial charge in [-0.2, -0.15) is 0 Å². The first-order valence-electron chi connectivity index (χ1n) is 10.00. The molecule has 0 spiro atoms. The Kier molecular flexibility index (Phi) is 4.24. The van der Waals surface area contributed by atoms with E-state index in [1.165, 1.54) is 0 Å². The van der Waals surface area contributed by atoms with E-state index < -0.39 is 12.0 Å². The summed E-state index contributed by atoms with van der Waals surface area (Å²) in [6, 6.07) is 13.5. The van der Waals surface area contributed by atoms with E-state index in [4.69, 9.17) is 0 Å². The van der Waals surface area contributed by atoms with Crippen LogP contribution in [0.15, 0.2) is 54.6 Å². The number of aliphatic hydroxyl groups is 1. The van der Waals surface area contributed by atoms with Gasteiger partial charge in [-0.25, -0.2) is 0 Å². The Morgan fingerprint density at radius 3 is 2.38 bits per heavy atom. The van der Waals surface area contributed by atoms with Crippen LogP contribution in [0.5, 0.6) is 0 Å². The second-order valence-corrected chi connectivity index (χ2v) is 8.19. The van der Waals surface area contributed by atoms with E-state index >= 15 is 0 Å². The molecule has 5 rings (SSSR count). The Hall–Kier alpha value is -2.99. The number of aliphatic hydroxyl groups excluding tert-OH is 1. The number of imide groups is 1. The highest BCUT2D eigenvalue weighted by Gasteiger charge is 2.59. The van der Waals surface area contributed by atoms with Crippen LogP contribution in [0.3, 0.4) is 0 Å². The SMILES string of the molecule is O=C(CN1C(=O)[C@@H]2[C@H](C1=O)[C@H]1C=C[C@H]2C1)NC[C@@H](O)c1ccc2ccccc2c1. The predicted octanol–water partition coefficient (Wildman–Crippen LogP) is 1.80. The standard InChI is InChI=1S/C23H22N2O4/c26-18(15-6-5-13-3-1-2-4-14(13)9-15)11-24-19(27)12-25-22(28)20-16-7-8-17(10-16)21(20)23(25)29/h1-9,16-18,20-21,26H,10-12H2,(H,24,27)/t16-,17-,18+,20-,21+/m0/s1. The van der Waals surface area contributed by atoms with Gasteiger partial charge in [0.1, 0.15) is 6.54 Å². The Morgan fingerprint density at radius 2 is 1.69 bits per heavy atom. The van der Waals surface area contributed by atoms with Crippen molar-refractivity contribution in [1.82, 2.24) is 10.2 Å². The third-order valence-corrected chi connectivity index (χ3v) is 6.51. The molecule has 0 unspecified atom stereocenters. The number of hydrogen-bond donors (Lipinski definition) is 2. The van der Waals surface area contributed by atoms with Crippen molar-refractivity contribution >= 4 is 28.5 Å². The van der Waals surface area contributed by atoms with Crippen molar-refractivity contribution in [1.29, 1.82) is 0 Å². The third-order valence-electron chi connectivity index (χ3n) is 6.51. The number of nitrogens with one attached hydrogen (secondary N) is 1. The lowest BCUT2D eigenvalue weighted by molar-refractivity contribution is -0.144. The molecule has 2 N–H and O–H groups in total. The third kappa shape index (κ3) is 2.95. The fraction of sp³-hybridized carbons (Fsp3) is 0.348. The van der Waals surface area contributed by atoms with Gasteiger partial charge in [-0.05, 0) is 40.7 Å². The van der Waals surface area contributed by atoms with Gasteiger partial charge in [0.2, 0.25) is 17.7 Å². The van der Waals surface area contributed by atoms with E-state index in [1.54, 1.807) is 0 Å².